The number of aromatic hydroxyl groups is 1. The Kier molecular flexibility index (Phi) is 2.57. The van der Waals surface area contributed by atoms with Crippen molar-refractivity contribution in [1.29, 1.82) is 5.26 Å². The highest BCUT2D eigenvalue weighted by Gasteiger charge is 2.18. The van der Waals surface area contributed by atoms with E-state index in [0.29, 0.717) is 5.46 Å². The van der Waals surface area contributed by atoms with Crippen molar-refractivity contribution >= 4 is 13.3 Å². The van der Waals surface area contributed by atoms with E-state index in [0.717, 1.165) is 5.56 Å². The van der Waals surface area contributed by atoms with E-state index in [9.17, 15) is 5.11 Å². The van der Waals surface area contributed by atoms with Crippen LogP contribution in [-0.4, -0.2) is 13.0 Å². The Hall–Kier alpha value is -1.43. The van der Waals surface area contributed by atoms with Gasteiger partial charge in [0.2, 0.25) is 0 Å². The summed E-state index contributed by atoms with van der Waals surface area (Å²) in [6.45, 7) is 6.03. The third-order valence-corrected chi connectivity index (χ3v) is 2.14. The molecule has 0 aromatic heterocycles. The van der Waals surface area contributed by atoms with Gasteiger partial charge in [-0.15, -0.1) is 0 Å². The van der Waals surface area contributed by atoms with E-state index in [1.807, 2.05) is 26.8 Å². The minimum absolute atomic E-state index is 0.0574. The maximum absolute atomic E-state index is 9.38. The molecule has 0 saturated heterocycles. The molecular weight excluding hydrogens is 173 g/mol. The van der Waals surface area contributed by atoms with Crippen molar-refractivity contribution in [3.63, 3.8) is 0 Å². The fourth-order valence-electron chi connectivity index (χ4n) is 1.38. The van der Waals surface area contributed by atoms with Gasteiger partial charge in [0, 0.05) is 0 Å². The van der Waals surface area contributed by atoms with Gasteiger partial charge in [-0.25, -0.2) is 0 Å². The molecule has 0 aliphatic rings. The molecule has 0 heterocycles. The smallest absolute Gasteiger partial charge is 0.132 e. The first-order valence-electron chi connectivity index (χ1n) is 4.40. The molecule has 0 aliphatic heterocycles. The summed E-state index contributed by atoms with van der Waals surface area (Å²) < 4.78 is 0. The van der Waals surface area contributed by atoms with E-state index in [4.69, 9.17) is 13.1 Å². The predicted octanol–water partition coefficient (Wildman–Crippen LogP) is 1.36. The highest BCUT2D eigenvalue weighted by atomic mass is 16.3. The number of nitrogens with zero attached hydrogens (tertiary/aromatic N) is 1. The Morgan fingerprint density at radius 1 is 1.36 bits per heavy atom. The number of hydrogen-bond donors (Lipinski definition) is 1. The monoisotopic (exact) mass is 185 g/mol. The van der Waals surface area contributed by atoms with Crippen molar-refractivity contribution in [1.82, 2.24) is 0 Å². The highest BCUT2D eigenvalue weighted by molar-refractivity contribution is 6.35. The second-order valence-corrected chi connectivity index (χ2v) is 4.28. The van der Waals surface area contributed by atoms with Gasteiger partial charge < -0.3 is 5.11 Å². The van der Waals surface area contributed by atoms with Crippen LogP contribution in [0.3, 0.4) is 0 Å². The fourth-order valence-corrected chi connectivity index (χ4v) is 1.38. The average molecular weight is 185 g/mol. The normalized spacial score (nSPS) is 11.0. The van der Waals surface area contributed by atoms with Crippen molar-refractivity contribution in [2.24, 2.45) is 0 Å². The summed E-state index contributed by atoms with van der Waals surface area (Å²) in [4.78, 5) is 0. The van der Waals surface area contributed by atoms with Crippen LogP contribution in [0.5, 0.6) is 5.75 Å². The molecule has 70 valence electrons. The van der Waals surface area contributed by atoms with Crippen LogP contribution in [0.25, 0.3) is 0 Å². The number of benzene rings is 1. The second kappa shape index (κ2) is 3.38. The average Bonchev–Trinajstić information content (AvgIpc) is 2.02. The van der Waals surface area contributed by atoms with Crippen LogP contribution in [0.1, 0.15) is 31.9 Å². The summed E-state index contributed by atoms with van der Waals surface area (Å²) in [6, 6.07) is 5.17. The van der Waals surface area contributed by atoms with Gasteiger partial charge in [0.05, 0.1) is 5.56 Å². The number of nitriles is 1. The van der Waals surface area contributed by atoms with Gasteiger partial charge in [0.1, 0.15) is 19.7 Å². The summed E-state index contributed by atoms with van der Waals surface area (Å²) in [5.41, 5.74) is 1.30. The highest BCUT2D eigenvalue weighted by Crippen LogP contribution is 2.24. The molecule has 14 heavy (non-hydrogen) atoms. The van der Waals surface area contributed by atoms with Gasteiger partial charge in [-0.2, -0.15) is 5.26 Å². The lowest BCUT2D eigenvalue weighted by atomic mass is 9.75. The van der Waals surface area contributed by atoms with Crippen LogP contribution >= 0.6 is 0 Å². The van der Waals surface area contributed by atoms with Crippen molar-refractivity contribution in [2.75, 3.05) is 0 Å². The molecule has 2 nitrogen and oxygen atoms in total. The maximum Gasteiger partial charge on any atom is 0.132 e. The fraction of sp³-hybridized carbons (Fsp3) is 0.364. The largest absolute Gasteiger partial charge is 0.507 e. The van der Waals surface area contributed by atoms with Crippen molar-refractivity contribution in [2.45, 2.75) is 26.2 Å². The third kappa shape index (κ3) is 1.74. The number of rotatable bonds is 0. The molecule has 0 amide bonds. The van der Waals surface area contributed by atoms with Gasteiger partial charge in [0.15, 0.2) is 0 Å². The molecule has 1 aromatic rings. The topological polar surface area (TPSA) is 44.0 Å². The molecule has 1 rings (SSSR count). The second-order valence-electron chi connectivity index (χ2n) is 4.28. The van der Waals surface area contributed by atoms with Gasteiger partial charge in [-0.1, -0.05) is 32.3 Å². The van der Waals surface area contributed by atoms with Crippen LogP contribution in [0, 0.1) is 11.3 Å². The van der Waals surface area contributed by atoms with Crippen LogP contribution in [0.15, 0.2) is 12.1 Å². The first-order chi connectivity index (χ1) is 6.38. The Bertz CT molecular complexity index is 399. The summed E-state index contributed by atoms with van der Waals surface area (Å²) in [7, 11) is 5.80. The van der Waals surface area contributed by atoms with E-state index >= 15 is 0 Å². The lowest BCUT2D eigenvalue weighted by Crippen LogP contribution is -2.25. The molecule has 0 bridgehead atoms. The van der Waals surface area contributed by atoms with E-state index in [1.54, 1.807) is 6.07 Å². The summed E-state index contributed by atoms with van der Waals surface area (Å²) in [5, 5.41) is 18.2. The lowest BCUT2D eigenvalue weighted by molar-refractivity contribution is 0.473. The molecule has 0 saturated carbocycles. The first kappa shape index (κ1) is 10.7. The molecule has 3 heteroatoms. The molecule has 0 spiro atoms. The Balaban J connectivity index is 3.46. The molecule has 1 N–H and O–H groups in total. The number of phenols is 1. The van der Waals surface area contributed by atoms with Crippen LogP contribution in [-0.2, 0) is 5.41 Å². The standard InChI is InChI=1S/C11H12BNO/c1-11(2,3)8-4-5-9(14)7(6-13)10(8)12/h4-5,14H,1-3H3. The first-order valence-corrected chi connectivity index (χ1v) is 4.40. The van der Waals surface area contributed by atoms with E-state index in [-0.39, 0.29) is 16.7 Å². The maximum atomic E-state index is 9.38. The minimum Gasteiger partial charge on any atom is -0.507 e. The van der Waals surface area contributed by atoms with E-state index in [2.05, 4.69) is 0 Å². The lowest BCUT2D eigenvalue weighted by Gasteiger charge is -2.22. The molecule has 0 atom stereocenters. The minimum atomic E-state index is -0.122. The van der Waals surface area contributed by atoms with Crippen LogP contribution in [0.4, 0.5) is 0 Å². The van der Waals surface area contributed by atoms with Crippen molar-refractivity contribution in [3.05, 3.63) is 23.3 Å². The van der Waals surface area contributed by atoms with Gasteiger partial charge >= 0.3 is 0 Å². The quantitative estimate of drug-likeness (QED) is 0.620. The molecule has 0 fully saturated rings. The predicted molar refractivity (Wildman–Crippen MR) is 56.9 cm³/mol. The van der Waals surface area contributed by atoms with Crippen molar-refractivity contribution < 1.29 is 5.11 Å². The zero-order valence-electron chi connectivity index (χ0n) is 8.63. The summed E-state index contributed by atoms with van der Waals surface area (Å²) in [5.74, 6) is -0.0574. The molecule has 0 aliphatic carbocycles. The summed E-state index contributed by atoms with van der Waals surface area (Å²) >= 11 is 0. The van der Waals surface area contributed by atoms with Crippen LogP contribution < -0.4 is 5.46 Å². The Morgan fingerprint density at radius 3 is 2.36 bits per heavy atom. The number of hydrogen-bond acceptors (Lipinski definition) is 2. The van der Waals surface area contributed by atoms with E-state index in [1.165, 1.54) is 6.07 Å². The van der Waals surface area contributed by atoms with Gasteiger partial charge in [-0.3, -0.25) is 0 Å². The zero-order valence-corrected chi connectivity index (χ0v) is 8.63. The van der Waals surface area contributed by atoms with Gasteiger partial charge in [0.25, 0.3) is 0 Å². The van der Waals surface area contributed by atoms with Crippen LogP contribution in [0.2, 0.25) is 0 Å². The van der Waals surface area contributed by atoms with Gasteiger partial charge in [-0.05, 0) is 17.0 Å². The molecular formula is C11H12BNO. The SMILES string of the molecule is [B]c1c(C(C)(C)C)ccc(O)c1C#N. The third-order valence-electron chi connectivity index (χ3n) is 2.14. The van der Waals surface area contributed by atoms with E-state index < -0.39 is 0 Å². The molecule has 1 aromatic carbocycles. The van der Waals surface area contributed by atoms with Crippen molar-refractivity contribution in [3.8, 4) is 11.8 Å². The zero-order chi connectivity index (χ0) is 10.9. The molecule has 2 radical (unpaired) electrons. The Labute approximate surface area is 85.6 Å². The summed E-state index contributed by atoms with van der Waals surface area (Å²) in [6.07, 6.45) is 0. The Morgan fingerprint density at radius 2 is 1.93 bits per heavy atom. The number of phenolic OH excluding ortho intramolecular Hbond substituents is 1. The molecule has 0 unspecified atom stereocenters.